The zero-order chi connectivity index (χ0) is 18.9. The number of likely N-dealkylation sites (tertiary alicyclic amines) is 1. The number of likely N-dealkylation sites (N-methyl/N-ethyl adjacent to an activating group) is 1. The summed E-state index contributed by atoms with van der Waals surface area (Å²) in [5.41, 5.74) is 0.0981. The van der Waals surface area contributed by atoms with Crippen molar-refractivity contribution in [2.75, 3.05) is 38.2 Å². The first-order chi connectivity index (χ1) is 12.2. The van der Waals surface area contributed by atoms with Gasteiger partial charge in [0, 0.05) is 44.0 Å². The van der Waals surface area contributed by atoms with Crippen molar-refractivity contribution in [3.63, 3.8) is 0 Å². The third kappa shape index (κ3) is 3.88. The van der Waals surface area contributed by atoms with E-state index in [2.05, 4.69) is 19.8 Å². The summed E-state index contributed by atoms with van der Waals surface area (Å²) in [7, 11) is 1.58. The molecule has 8 heteroatoms. The lowest BCUT2D eigenvalue weighted by atomic mass is 9.81. The number of rotatable bonds is 6. The lowest BCUT2D eigenvalue weighted by Crippen LogP contribution is -2.41. The van der Waals surface area contributed by atoms with Crippen molar-refractivity contribution in [3.8, 4) is 0 Å². The van der Waals surface area contributed by atoms with Crippen LogP contribution < -0.4 is 10.4 Å². The van der Waals surface area contributed by atoms with Gasteiger partial charge in [0.2, 0.25) is 5.95 Å². The molecule has 0 aliphatic carbocycles. The number of hydrogen-bond donors (Lipinski definition) is 1. The van der Waals surface area contributed by atoms with Crippen LogP contribution in [-0.2, 0) is 9.31 Å². The second-order valence-corrected chi connectivity index (χ2v) is 8.34. The van der Waals surface area contributed by atoms with Gasteiger partial charge in [-0.25, -0.2) is 9.97 Å². The first-order valence-corrected chi connectivity index (χ1v) is 9.47. The van der Waals surface area contributed by atoms with Gasteiger partial charge in [0.05, 0.1) is 17.8 Å². The SMILES string of the molecule is CN(C[C@H]1CCCN1CCO)c1ncc(B2OC(C)(C)C(C)(C)O2)cn1. The maximum atomic E-state index is 9.20. The molecule has 3 heterocycles. The fourth-order valence-corrected chi connectivity index (χ4v) is 3.55. The van der Waals surface area contributed by atoms with E-state index in [1.807, 2.05) is 34.7 Å². The molecule has 0 radical (unpaired) electrons. The number of hydrogen-bond acceptors (Lipinski definition) is 7. The van der Waals surface area contributed by atoms with E-state index in [0.717, 1.165) is 31.5 Å². The van der Waals surface area contributed by atoms with Crippen molar-refractivity contribution in [3.05, 3.63) is 12.4 Å². The molecule has 0 bridgehead atoms. The molecule has 2 aliphatic rings. The third-order valence-corrected chi connectivity index (χ3v) is 5.90. The van der Waals surface area contributed by atoms with Crippen LogP contribution in [0.15, 0.2) is 12.4 Å². The Morgan fingerprint density at radius 2 is 1.85 bits per heavy atom. The minimum absolute atomic E-state index is 0.208. The van der Waals surface area contributed by atoms with Crippen LogP contribution in [-0.4, -0.2) is 77.6 Å². The molecule has 1 N–H and O–H groups in total. The molecule has 1 aromatic rings. The highest BCUT2D eigenvalue weighted by Gasteiger charge is 2.52. The minimum Gasteiger partial charge on any atom is -0.399 e. The minimum atomic E-state index is -0.436. The number of nitrogens with zero attached hydrogens (tertiary/aromatic N) is 4. The second-order valence-electron chi connectivity index (χ2n) is 8.34. The molecule has 2 fully saturated rings. The van der Waals surface area contributed by atoms with E-state index in [1.165, 1.54) is 6.42 Å². The first kappa shape index (κ1) is 19.5. The van der Waals surface area contributed by atoms with Crippen molar-refractivity contribution >= 4 is 18.5 Å². The van der Waals surface area contributed by atoms with E-state index in [4.69, 9.17) is 9.31 Å². The van der Waals surface area contributed by atoms with Gasteiger partial charge in [0.25, 0.3) is 0 Å². The number of anilines is 1. The van der Waals surface area contributed by atoms with Gasteiger partial charge in [-0.1, -0.05) is 0 Å². The maximum Gasteiger partial charge on any atom is 0.498 e. The predicted octanol–water partition coefficient (Wildman–Crippen LogP) is 0.669. The fourth-order valence-electron chi connectivity index (χ4n) is 3.55. The molecule has 26 heavy (non-hydrogen) atoms. The highest BCUT2D eigenvalue weighted by atomic mass is 16.7. The molecular formula is C18H31BN4O3. The molecule has 2 saturated heterocycles. The largest absolute Gasteiger partial charge is 0.498 e. The number of β-amino-alcohol motifs (C(OH)–C–C–N with tert-alkyl or cyclic N) is 1. The van der Waals surface area contributed by atoms with E-state index in [-0.39, 0.29) is 17.8 Å². The summed E-state index contributed by atoms with van der Waals surface area (Å²) in [6, 6.07) is 0.443. The van der Waals surface area contributed by atoms with E-state index in [0.29, 0.717) is 12.0 Å². The summed E-state index contributed by atoms with van der Waals surface area (Å²) < 4.78 is 12.1. The zero-order valence-electron chi connectivity index (χ0n) is 16.6. The molecular weight excluding hydrogens is 331 g/mol. The summed E-state index contributed by atoms with van der Waals surface area (Å²) in [4.78, 5) is 13.5. The van der Waals surface area contributed by atoms with Crippen LogP contribution in [0.4, 0.5) is 5.95 Å². The standard InChI is InChI=1S/C18H31BN4O3/c1-17(2)18(3,4)26-19(25-17)14-11-20-16(21-12-14)22(5)13-15-7-6-8-23(15)9-10-24/h11-12,15,24H,6-10,13H2,1-5H3/t15-/m1/s1. The second kappa shape index (κ2) is 7.42. The van der Waals surface area contributed by atoms with E-state index >= 15 is 0 Å². The Balaban J connectivity index is 1.63. The molecule has 0 amide bonds. The molecule has 7 nitrogen and oxygen atoms in total. The van der Waals surface area contributed by atoms with Crippen LogP contribution in [0, 0.1) is 0 Å². The van der Waals surface area contributed by atoms with Crippen LogP contribution in [0.1, 0.15) is 40.5 Å². The zero-order valence-corrected chi connectivity index (χ0v) is 16.6. The molecule has 0 unspecified atom stereocenters. The third-order valence-electron chi connectivity index (χ3n) is 5.90. The molecule has 2 aliphatic heterocycles. The predicted molar refractivity (Wildman–Crippen MR) is 103 cm³/mol. The Morgan fingerprint density at radius 1 is 1.23 bits per heavy atom. The Kier molecular flexibility index (Phi) is 5.58. The molecule has 1 aromatic heterocycles. The average molecular weight is 362 g/mol. The Morgan fingerprint density at radius 3 is 2.42 bits per heavy atom. The van der Waals surface area contributed by atoms with Crippen molar-refractivity contribution in [2.45, 2.75) is 57.8 Å². The Labute approximate surface area is 156 Å². The molecule has 3 rings (SSSR count). The number of aliphatic hydroxyl groups excluding tert-OH is 1. The van der Waals surface area contributed by atoms with Crippen molar-refractivity contribution in [1.29, 1.82) is 0 Å². The summed E-state index contributed by atoms with van der Waals surface area (Å²) in [5.74, 6) is 0.695. The van der Waals surface area contributed by atoms with Crippen LogP contribution in [0.3, 0.4) is 0 Å². The molecule has 144 valence electrons. The molecule has 0 aromatic carbocycles. The van der Waals surface area contributed by atoms with Crippen molar-refractivity contribution < 1.29 is 14.4 Å². The van der Waals surface area contributed by atoms with Crippen molar-refractivity contribution in [2.24, 2.45) is 0 Å². The number of aromatic nitrogens is 2. The Hall–Kier alpha value is -1.22. The van der Waals surface area contributed by atoms with Crippen LogP contribution >= 0.6 is 0 Å². The van der Waals surface area contributed by atoms with Gasteiger partial charge in [-0.2, -0.15) is 0 Å². The topological polar surface area (TPSA) is 71.0 Å². The van der Waals surface area contributed by atoms with E-state index in [9.17, 15) is 5.11 Å². The molecule has 0 saturated carbocycles. The highest BCUT2D eigenvalue weighted by Crippen LogP contribution is 2.36. The average Bonchev–Trinajstić information content (AvgIpc) is 3.09. The van der Waals surface area contributed by atoms with Gasteiger partial charge < -0.3 is 19.3 Å². The summed E-state index contributed by atoms with van der Waals surface area (Å²) in [6.45, 7) is 11.0. The van der Waals surface area contributed by atoms with Gasteiger partial charge in [-0.15, -0.1) is 0 Å². The van der Waals surface area contributed by atoms with Gasteiger partial charge in [0.1, 0.15) is 0 Å². The summed E-state index contributed by atoms with van der Waals surface area (Å²) in [6.07, 6.45) is 5.92. The Bertz CT molecular complexity index is 595. The molecule has 0 spiro atoms. The van der Waals surface area contributed by atoms with E-state index in [1.54, 1.807) is 12.4 Å². The van der Waals surface area contributed by atoms with Crippen LogP contribution in [0.25, 0.3) is 0 Å². The van der Waals surface area contributed by atoms with Crippen molar-refractivity contribution in [1.82, 2.24) is 14.9 Å². The first-order valence-electron chi connectivity index (χ1n) is 9.47. The van der Waals surface area contributed by atoms with Crippen LogP contribution in [0.2, 0.25) is 0 Å². The monoisotopic (exact) mass is 362 g/mol. The number of aliphatic hydroxyl groups is 1. The van der Waals surface area contributed by atoms with Gasteiger partial charge >= 0.3 is 7.12 Å². The lowest BCUT2D eigenvalue weighted by Gasteiger charge is -2.32. The fraction of sp³-hybridized carbons (Fsp3) is 0.778. The van der Waals surface area contributed by atoms with Gasteiger partial charge in [-0.3, -0.25) is 4.90 Å². The lowest BCUT2D eigenvalue weighted by molar-refractivity contribution is 0.00578. The maximum absolute atomic E-state index is 9.20. The summed E-state index contributed by atoms with van der Waals surface area (Å²) in [5, 5.41) is 9.20. The normalized spacial score (nSPS) is 25.0. The van der Waals surface area contributed by atoms with Gasteiger partial charge in [0.15, 0.2) is 0 Å². The smallest absolute Gasteiger partial charge is 0.399 e. The highest BCUT2D eigenvalue weighted by molar-refractivity contribution is 6.61. The summed E-state index contributed by atoms with van der Waals surface area (Å²) >= 11 is 0. The van der Waals surface area contributed by atoms with Gasteiger partial charge in [-0.05, 0) is 47.1 Å². The quantitative estimate of drug-likeness (QED) is 0.746. The van der Waals surface area contributed by atoms with E-state index < -0.39 is 7.12 Å². The molecule has 1 atom stereocenters. The van der Waals surface area contributed by atoms with Crippen LogP contribution in [0.5, 0.6) is 0 Å².